The highest BCUT2D eigenvalue weighted by Crippen LogP contribution is 2.38. The zero-order valence-corrected chi connectivity index (χ0v) is 19.7. The highest BCUT2D eigenvalue weighted by atomic mass is 16.2. The van der Waals surface area contributed by atoms with Crippen molar-refractivity contribution in [2.75, 3.05) is 65.3 Å². The molecule has 1 amide bonds. The molecule has 2 heterocycles. The molecule has 8 heteroatoms. The van der Waals surface area contributed by atoms with Crippen LogP contribution in [0.2, 0.25) is 0 Å². The van der Waals surface area contributed by atoms with Crippen molar-refractivity contribution in [1.29, 1.82) is 0 Å². The summed E-state index contributed by atoms with van der Waals surface area (Å²) in [6.45, 7) is 8.82. The van der Waals surface area contributed by atoms with E-state index in [0.717, 1.165) is 70.2 Å². The molecular weight excluding hydrogens is 390 g/mol. The second kappa shape index (κ2) is 10.8. The average Bonchev–Trinajstić information content (AvgIpc) is 3.29. The van der Waals surface area contributed by atoms with E-state index in [9.17, 15) is 4.79 Å². The molecule has 1 aliphatic heterocycles. The van der Waals surface area contributed by atoms with Gasteiger partial charge < -0.3 is 25.3 Å². The van der Waals surface area contributed by atoms with Gasteiger partial charge in [-0.2, -0.15) is 0 Å². The van der Waals surface area contributed by atoms with Gasteiger partial charge in [-0.15, -0.1) is 0 Å². The number of aliphatic imine (C=N–C) groups is 1. The van der Waals surface area contributed by atoms with E-state index < -0.39 is 0 Å². The van der Waals surface area contributed by atoms with E-state index in [1.54, 1.807) is 11.9 Å². The number of guanidine groups is 1. The summed E-state index contributed by atoms with van der Waals surface area (Å²) in [6, 6.07) is 4.20. The van der Waals surface area contributed by atoms with Crippen LogP contribution in [0.3, 0.4) is 0 Å². The maximum atomic E-state index is 12.8. The fourth-order valence-corrected chi connectivity index (χ4v) is 4.69. The number of hydrogen-bond donors (Lipinski definition) is 2. The van der Waals surface area contributed by atoms with E-state index in [2.05, 4.69) is 43.4 Å². The lowest BCUT2D eigenvalue weighted by atomic mass is 9.84. The van der Waals surface area contributed by atoms with Gasteiger partial charge in [0.1, 0.15) is 5.82 Å². The summed E-state index contributed by atoms with van der Waals surface area (Å²) in [7, 11) is 5.47. The number of rotatable bonds is 7. The number of nitrogens with zero attached hydrogens (tertiary/aromatic N) is 5. The van der Waals surface area contributed by atoms with Gasteiger partial charge in [-0.05, 0) is 37.1 Å². The van der Waals surface area contributed by atoms with Gasteiger partial charge >= 0.3 is 0 Å². The van der Waals surface area contributed by atoms with Gasteiger partial charge in [-0.1, -0.05) is 19.8 Å². The largest absolute Gasteiger partial charge is 0.355 e. The molecule has 0 radical (unpaired) electrons. The van der Waals surface area contributed by atoms with Crippen LogP contribution in [-0.4, -0.2) is 87.1 Å². The minimum absolute atomic E-state index is 0.217. The first-order chi connectivity index (χ1) is 15.0. The number of aromatic nitrogens is 1. The van der Waals surface area contributed by atoms with Crippen molar-refractivity contribution in [3.8, 4) is 0 Å². The van der Waals surface area contributed by atoms with E-state index in [1.165, 1.54) is 5.56 Å². The van der Waals surface area contributed by atoms with Crippen LogP contribution in [0.4, 0.5) is 5.82 Å². The van der Waals surface area contributed by atoms with Crippen LogP contribution in [0.1, 0.15) is 38.2 Å². The zero-order chi connectivity index (χ0) is 22.3. The molecule has 0 bridgehead atoms. The molecule has 1 aromatic rings. The van der Waals surface area contributed by atoms with Crippen molar-refractivity contribution in [2.24, 2.45) is 10.4 Å². The highest BCUT2D eigenvalue weighted by molar-refractivity contribution is 5.85. The Morgan fingerprint density at radius 3 is 2.52 bits per heavy atom. The Labute approximate surface area is 187 Å². The molecule has 1 aliphatic carbocycles. The molecule has 8 nitrogen and oxygen atoms in total. The van der Waals surface area contributed by atoms with Crippen molar-refractivity contribution in [3.05, 3.63) is 23.9 Å². The second-order valence-electron chi connectivity index (χ2n) is 8.91. The third-order valence-corrected chi connectivity index (χ3v) is 6.65. The van der Waals surface area contributed by atoms with Crippen LogP contribution < -0.4 is 15.5 Å². The predicted octanol–water partition coefficient (Wildman–Crippen LogP) is 1.54. The standard InChI is InChI=1S/C23H39N7O/c1-5-29-12-14-30(15-13-29)20-16-19(8-11-25-20)17-26-22(24-2)27-18-23(9-6-7-10-23)21(31)28(3)4/h8,11,16H,5-7,9-10,12-15,17-18H2,1-4H3,(H2,24,26,27). The van der Waals surface area contributed by atoms with Crippen molar-refractivity contribution < 1.29 is 4.79 Å². The summed E-state index contributed by atoms with van der Waals surface area (Å²) in [5.74, 6) is 1.99. The maximum absolute atomic E-state index is 12.8. The summed E-state index contributed by atoms with van der Waals surface area (Å²) in [5, 5.41) is 6.81. The van der Waals surface area contributed by atoms with Crippen LogP contribution in [0.5, 0.6) is 0 Å². The molecule has 1 saturated heterocycles. The quantitative estimate of drug-likeness (QED) is 0.506. The topological polar surface area (TPSA) is 76.1 Å². The highest BCUT2D eigenvalue weighted by Gasteiger charge is 2.42. The molecular formula is C23H39N7O. The first-order valence-electron chi connectivity index (χ1n) is 11.6. The number of nitrogens with one attached hydrogen (secondary N) is 2. The number of pyridine rings is 1. The lowest BCUT2D eigenvalue weighted by Gasteiger charge is -2.34. The first kappa shape index (κ1) is 23.3. The minimum Gasteiger partial charge on any atom is -0.355 e. The van der Waals surface area contributed by atoms with E-state index in [4.69, 9.17) is 0 Å². The van der Waals surface area contributed by atoms with Gasteiger partial charge in [0, 0.05) is 66.6 Å². The Morgan fingerprint density at radius 1 is 1.19 bits per heavy atom. The summed E-state index contributed by atoms with van der Waals surface area (Å²) < 4.78 is 0. The average molecular weight is 430 g/mol. The molecule has 0 aromatic carbocycles. The Kier molecular flexibility index (Phi) is 8.12. The van der Waals surface area contributed by atoms with Gasteiger partial charge in [-0.3, -0.25) is 9.79 Å². The SMILES string of the molecule is CCN1CCN(c2cc(CNC(=NC)NCC3(C(=O)N(C)C)CCCC3)ccn2)CC1. The summed E-state index contributed by atoms with van der Waals surface area (Å²) >= 11 is 0. The van der Waals surface area contributed by atoms with Crippen LogP contribution in [0.25, 0.3) is 0 Å². The van der Waals surface area contributed by atoms with Crippen molar-refractivity contribution in [2.45, 2.75) is 39.2 Å². The molecule has 31 heavy (non-hydrogen) atoms. The normalized spacial score (nSPS) is 19.4. The van der Waals surface area contributed by atoms with Gasteiger partial charge in [0.25, 0.3) is 0 Å². The van der Waals surface area contributed by atoms with Crippen molar-refractivity contribution >= 4 is 17.7 Å². The number of anilines is 1. The van der Waals surface area contributed by atoms with Crippen molar-refractivity contribution in [1.82, 2.24) is 25.4 Å². The Balaban J connectivity index is 1.54. The van der Waals surface area contributed by atoms with E-state index in [-0.39, 0.29) is 11.3 Å². The summed E-state index contributed by atoms with van der Waals surface area (Å²) in [6.07, 6.45) is 5.98. The fourth-order valence-electron chi connectivity index (χ4n) is 4.69. The van der Waals surface area contributed by atoms with Crippen LogP contribution in [-0.2, 0) is 11.3 Å². The number of carbonyl (C=O) groups excluding carboxylic acids is 1. The number of likely N-dealkylation sites (N-methyl/N-ethyl adjacent to an activating group) is 1. The van der Waals surface area contributed by atoms with Gasteiger partial charge in [0.2, 0.25) is 5.91 Å². The Bertz CT molecular complexity index is 750. The number of amides is 1. The lowest BCUT2D eigenvalue weighted by molar-refractivity contribution is -0.138. The van der Waals surface area contributed by atoms with Gasteiger partial charge in [0.15, 0.2) is 5.96 Å². The van der Waals surface area contributed by atoms with E-state index in [0.29, 0.717) is 13.1 Å². The van der Waals surface area contributed by atoms with Crippen LogP contribution in [0.15, 0.2) is 23.3 Å². The molecule has 2 fully saturated rings. The molecule has 1 aromatic heterocycles. The molecule has 0 spiro atoms. The first-order valence-corrected chi connectivity index (χ1v) is 11.6. The second-order valence-corrected chi connectivity index (χ2v) is 8.91. The summed E-state index contributed by atoms with van der Waals surface area (Å²) in [5.41, 5.74) is 0.858. The minimum atomic E-state index is -0.314. The third-order valence-electron chi connectivity index (χ3n) is 6.65. The molecule has 2 N–H and O–H groups in total. The molecule has 172 valence electrons. The third kappa shape index (κ3) is 5.87. The van der Waals surface area contributed by atoms with Crippen molar-refractivity contribution in [3.63, 3.8) is 0 Å². The molecule has 0 atom stereocenters. The molecule has 0 unspecified atom stereocenters. The number of piperazine rings is 1. The van der Waals surface area contributed by atoms with Crippen LogP contribution >= 0.6 is 0 Å². The summed E-state index contributed by atoms with van der Waals surface area (Å²) in [4.78, 5) is 28.3. The Hall–Kier alpha value is -2.35. The lowest BCUT2D eigenvalue weighted by Crippen LogP contribution is -2.49. The predicted molar refractivity (Wildman–Crippen MR) is 126 cm³/mol. The fraction of sp³-hybridized carbons (Fsp3) is 0.696. The zero-order valence-electron chi connectivity index (χ0n) is 19.7. The van der Waals surface area contributed by atoms with E-state index >= 15 is 0 Å². The number of carbonyl (C=O) groups is 1. The maximum Gasteiger partial charge on any atom is 0.230 e. The molecule has 2 aliphatic rings. The smallest absolute Gasteiger partial charge is 0.230 e. The molecule has 1 saturated carbocycles. The van der Waals surface area contributed by atoms with Gasteiger partial charge in [-0.25, -0.2) is 4.98 Å². The monoisotopic (exact) mass is 429 g/mol. The Morgan fingerprint density at radius 2 is 1.90 bits per heavy atom. The number of hydrogen-bond acceptors (Lipinski definition) is 5. The van der Waals surface area contributed by atoms with E-state index in [1.807, 2.05) is 26.4 Å². The molecule has 3 rings (SSSR count). The van der Waals surface area contributed by atoms with Crippen LogP contribution in [0, 0.1) is 5.41 Å². The van der Waals surface area contributed by atoms with Gasteiger partial charge in [0.05, 0.1) is 5.41 Å².